The topological polar surface area (TPSA) is 47.9 Å². The van der Waals surface area contributed by atoms with E-state index in [0.29, 0.717) is 29.4 Å². The van der Waals surface area contributed by atoms with Crippen LogP contribution in [0.2, 0.25) is 0 Å². The SMILES string of the molecule is OCc1cc2c(cc1OCC=Cc1ccccc1)OCO2. The molecule has 0 atom stereocenters. The first-order chi connectivity index (χ1) is 10.4. The summed E-state index contributed by atoms with van der Waals surface area (Å²) in [7, 11) is 0. The minimum absolute atomic E-state index is 0.103. The summed E-state index contributed by atoms with van der Waals surface area (Å²) < 4.78 is 16.3. The lowest BCUT2D eigenvalue weighted by Gasteiger charge is -2.09. The molecular weight excluding hydrogens is 268 g/mol. The molecule has 2 aromatic rings. The van der Waals surface area contributed by atoms with Gasteiger partial charge >= 0.3 is 0 Å². The van der Waals surface area contributed by atoms with E-state index >= 15 is 0 Å². The van der Waals surface area contributed by atoms with E-state index in [-0.39, 0.29) is 13.4 Å². The van der Waals surface area contributed by atoms with Gasteiger partial charge in [-0.05, 0) is 17.7 Å². The summed E-state index contributed by atoms with van der Waals surface area (Å²) in [6.07, 6.45) is 3.92. The summed E-state index contributed by atoms with van der Waals surface area (Å²) >= 11 is 0. The normalized spacial score (nSPS) is 12.8. The van der Waals surface area contributed by atoms with Crippen LogP contribution in [0.25, 0.3) is 6.08 Å². The predicted octanol–water partition coefficient (Wildman–Crippen LogP) is 3.00. The third-order valence-electron chi connectivity index (χ3n) is 3.17. The molecule has 21 heavy (non-hydrogen) atoms. The molecule has 2 aromatic carbocycles. The number of aliphatic hydroxyl groups excluding tert-OH is 1. The predicted molar refractivity (Wildman–Crippen MR) is 79.5 cm³/mol. The van der Waals surface area contributed by atoms with Gasteiger partial charge in [0.2, 0.25) is 6.79 Å². The van der Waals surface area contributed by atoms with Crippen molar-refractivity contribution in [2.75, 3.05) is 13.4 Å². The molecule has 4 nitrogen and oxygen atoms in total. The van der Waals surface area contributed by atoms with E-state index in [1.165, 1.54) is 0 Å². The second-order valence-electron chi connectivity index (χ2n) is 4.60. The molecule has 0 aliphatic carbocycles. The van der Waals surface area contributed by atoms with E-state index in [2.05, 4.69) is 0 Å². The second-order valence-corrected chi connectivity index (χ2v) is 4.60. The zero-order chi connectivity index (χ0) is 14.5. The van der Waals surface area contributed by atoms with Crippen molar-refractivity contribution in [3.63, 3.8) is 0 Å². The lowest BCUT2D eigenvalue weighted by atomic mass is 10.2. The fraction of sp³-hybridized carbons (Fsp3) is 0.176. The lowest BCUT2D eigenvalue weighted by molar-refractivity contribution is 0.173. The zero-order valence-corrected chi connectivity index (χ0v) is 11.5. The van der Waals surface area contributed by atoms with Crippen molar-refractivity contribution in [1.82, 2.24) is 0 Å². The van der Waals surface area contributed by atoms with Crippen LogP contribution in [0.15, 0.2) is 48.5 Å². The summed E-state index contributed by atoms with van der Waals surface area (Å²) in [5, 5.41) is 9.39. The van der Waals surface area contributed by atoms with Gasteiger partial charge in [0.1, 0.15) is 12.4 Å². The maximum Gasteiger partial charge on any atom is 0.231 e. The molecule has 0 aromatic heterocycles. The lowest BCUT2D eigenvalue weighted by Crippen LogP contribution is -1.98. The second kappa shape index (κ2) is 6.33. The maximum atomic E-state index is 9.39. The third kappa shape index (κ3) is 3.17. The van der Waals surface area contributed by atoms with Crippen molar-refractivity contribution < 1.29 is 19.3 Å². The van der Waals surface area contributed by atoms with Gasteiger partial charge in [0.05, 0.1) is 6.61 Å². The van der Waals surface area contributed by atoms with Gasteiger partial charge in [-0.3, -0.25) is 0 Å². The van der Waals surface area contributed by atoms with E-state index in [4.69, 9.17) is 14.2 Å². The summed E-state index contributed by atoms with van der Waals surface area (Å²) in [5.74, 6) is 1.90. The quantitative estimate of drug-likeness (QED) is 0.917. The van der Waals surface area contributed by atoms with Crippen LogP contribution in [0.4, 0.5) is 0 Å². The Morgan fingerprint density at radius 2 is 1.86 bits per heavy atom. The summed E-state index contributed by atoms with van der Waals surface area (Å²) in [5.41, 5.74) is 1.81. The number of ether oxygens (including phenoxy) is 3. The van der Waals surface area contributed by atoms with Crippen LogP contribution in [-0.2, 0) is 6.61 Å². The minimum Gasteiger partial charge on any atom is -0.489 e. The van der Waals surface area contributed by atoms with Crippen molar-refractivity contribution in [2.45, 2.75) is 6.61 Å². The standard InChI is InChI=1S/C17H16O4/c18-11-14-9-16-17(21-12-20-16)10-15(14)19-8-4-7-13-5-2-1-3-6-13/h1-7,9-10,18H,8,11-12H2. The summed E-state index contributed by atoms with van der Waals surface area (Å²) in [6, 6.07) is 13.5. The Labute approximate surface area is 123 Å². The smallest absolute Gasteiger partial charge is 0.231 e. The highest BCUT2D eigenvalue weighted by atomic mass is 16.7. The van der Waals surface area contributed by atoms with Gasteiger partial charge in [-0.2, -0.15) is 0 Å². The largest absolute Gasteiger partial charge is 0.489 e. The molecule has 4 heteroatoms. The van der Waals surface area contributed by atoms with Crippen molar-refractivity contribution >= 4 is 6.08 Å². The first-order valence-corrected chi connectivity index (χ1v) is 6.74. The molecule has 0 saturated heterocycles. The fourth-order valence-electron chi connectivity index (χ4n) is 2.11. The van der Waals surface area contributed by atoms with Crippen LogP contribution in [0, 0.1) is 0 Å². The zero-order valence-electron chi connectivity index (χ0n) is 11.5. The Morgan fingerprint density at radius 3 is 2.62 bits per heavy atom. The van der Waals surface area contributed by atoms with Crippen molar-refractivity contribution in [1.29, 1.82) is 0 Å². The van der Waals surface area contributed by atoms with Crippen molar-refractivity contribution in [3.8, 4) is 17.2 Å². The molecule has 0 amide bonds. The monoisotopic (exact) mass is 284 g/mol. The van der Waals surface area contributed by atoms with Crippen LogP contribution in [0.1, 0.15) is 11.1 Å². The molecule has 0 unspecified atom stereocenters. The van der Waals surface area contributed by atoms with E-state index in [9.17, 15) is 5.11 Å². The van der Waals surface area contributed by atoms with Crippen molar-refractivity contribution in [3.05, 3.63) is 59.7 Å². The Hall–Kier alpha value is -2.46. The Balaban J connectivity index is 1.66. The van der Waals surface area contributed by atoms with Crippen LogP contribution in [0.5, 0.6) is 17.2 Å². The van der Waals surface area contributed by atoms with E-state index in [1.54, 1.807) is 12.1 Å². The van der Waals surface area contributed by atoms with Gasteiger partial charge in [0.15, 0.2) is 11.5 Å². The van der Waals surface area contributed by atoms with E-state index < -0.39 is 0 Å². The van der Waals surface area contributed by atoms with Gasteiger partial charge in [0.25, 0.3) is 0 Å². The number of aliphatic hydroxyl groups is 1. The highest BCUT2D eigenvalue weighted by Gasteiger charge is 2.17. The van der Waals surface area contributed by atoms with E-state index in [0.717, 1.165) is 5.56 Å². The van der Waals surface area contributed by atoms with Gasteiger partial charge in [-0.25, -0.2) is 0 Å². The van der Waals surface area contributed by atoms with Gasteiger partial charge in [0, 0.05) is 11.6 Å². The van der Waals surface area contributed by atoms with Crippen LogP contribution in [0.3, 0.4) is 0 Å². The molecule has 1 aliphatic heterocycles. The number of hydrogen-bond donors (Lipinski definition) is 1. The average molecular weight is 284 g/mol. The molecule has 0 fully saturated rings. The van der Waals surface area contributed by atoms with Gasteiger partial charge in [-0.15, -0.1) is 0 Å². The first kappa shape index (κ1) is 13.5. The summed E-state index contributed by atoms with van der Waals surface area (Å²) in [6.45, 7) is 0.521. The molecule has 1 N–H and O–H groups in total. The molecule has 0 saturated carbocycles. The number of fused-ring (bicyclic) bond motifs is 1. The highest BCUT2D eigenvalue weighted by Crippen LogP contribution is 2.38. The molecule has 108 valence electrons. The number of rotatable bonds is 5. The Kier molecular flexibility index (Phi) is 4.07. The van der Waals surface area contributed by atoms with Crippen LogP contribution >= 0.6 is 0 Å². The number of hydrogen-bond acceptors (Lipinski definition) is 4. The third-order valence-corrected chi connectivity index (χ3v) is 3.17. The van der Waals surface area contributed by atoms with Crippen LogP contribution < -0.4 is 14.2 Å². The molecule has 0 spiro atoms. The van der Waals surface area contributed by atoms with Gasteiger partial charge in [-0.1, -0.05) is 36.4 Å². The fourth-order valence-corrected chi connectivity index (χ4v) is 2.11. The summed E-state index contributed by atoms with van der Waals surface area (Å²) in [4.78, 5) is 0. The molecule has 3 rings (SSSR count). The molecule has 1 heterocycles. The number of benzene rings is 2. The molecule has 0 bridgehead atoms. The minimum atomic E-state index is -0.103. The van der Waals surface area contributed by atoms with E-state index in [1.807, 2.05) is 42.5 Å². The maximum absolute atomic E-state index is 9.39. The Morgan fingerprint density at radius 1 is 1.10 bits per heavy atom. The highest BCUT2D eigenvalue weighted by molar-refractivity contribution is 5.52. The average Bonchev–Trinajstić information content (AvgIpc) is 2.99. The van der Waals surface area contributed by atoms with Crippen molar-refractivity contribution in [2.24, 2.45) is 0 Å². The Bertz CT molecular complexity index is 635. The molecule has 0 radical (unpaired) electrons. The first-order valence-electron chi connectivity index (χ1n) is 6.74. The molecule has 1 aliphatic rings. The van der Waals surface area contributed by atoms with Gasteiger partial charge < -0.3 is 19.3 Å². The molecular formula is C17H16O4. The van der Waals surface area contributed by atoms with Crippen LogP contribution in [-0.4, -0.2) is 18.5 Å².